The van der Waals surface area contributed by atoms with E-state index in [0.29, 0.717) is 22.4 Å². The van der Waals surface area contributed by atoms with Crippen molar-refractivity contribution in [2.24, 2.45) is 0 Å². The molecule has 4 aromatic rings. The third kappa shape index (κ3) is 6.52. The van der Waals surface area contributed by atoms with Crippen LogP contribution in [0.15, 0.2) is 59.7 Å². The topological polar surface area (TPSA) is 155 Å². The van der Waals surface area contributed by atoms with E-state index < -0.39 is 17.6 Å². The SMILES string of the molecule is CCn1nc(-c2cccc(-c3cc(C(=O)O)cc(C(=O)NC4CC4)c3)c2C)cc(NC(=O)Nc2c(Cl)cncc2Cl)c1=O. The Kier molecular flexibility index (Phi) is 8.47. The lowest BCUT2D eigenvalue weighted by molar-refractivity contribution is 0.0697. The van der Waals surface area contributed by atoms with Crippen LogP contribution in [-0.2, 0) is 6.54 Å². The Morgan fingerprint density at radius 3 is 2.33 bits per heavy atom. The number of aryl methyl sites for hydroxylation is 1. The number of pyridine rings is 1. The van der Waals surface area contributed by atoms with Crippen molar-refractivity contribution >= 4 is 52.5 Å². The number of hydrogen-bond acceptors (Lipinski definition) is 6. The number of anilines is 2. The van der Waals surface area contributed by atoms with Gasteiger partial charge in [0.2, 0.25) is 0 Å². The van der Waals surface area contributed by atoms with Crippen molar-refractivity contribution in [3.63, 3.8) is 0 Å². The highest BCUT2D eigenvalue weighted by Crippen LogP contribution is 2.33. The number of aromatic nitrogens is 3. The Labute approximate surface area is 255 Å². The Morgan fingerprint density at radius 2 is 1.67 bits per heavy atom. The molecular weight excluding hydrogens is 595 g/mol. The van der Waals surface area contributed by atoms with Crippen molar-refractivity contribution in [1.29, 1.82) is 0 Å². The first-order valence-electron chi connectivity index (χ1n) is 13.3. The number of benzene rings is 2. The molecule has 2 heterocycles. The summed E-state index contributed by atoms with van der Waals surface area (Å²) in [6.45, 7) is 3.80. The quantitative estimate of drug-likeness (QED) is 0.193. The number of carboxylic acid groups (broad SMARTS) is 1. The van der Waals surface area contributed by atoms with Gasteiger partial charge in [-0.1, -0.05) is 41.4 Å². The molecule has 0 spiro atoms. The second kappa shape index (κ2) is 12.2. The molecule has 0 radical (unpaired) electrons. The van der Waals surface area contributed by atoms with Gasteiger partial charge in [0.15, 0.2) is 0 Å². The van der Waals surface area contributed by atoms with Crippen molar-refractivity contribution in [2.45, 2.75) is 39.3 Å². The number of carbonyl (C=O) groups excluding carboxylic acids is 2. The fourth-order valence-electron chi connectivity index (χ4n) is 4.54. The number of halogens is 2. The standard InChI is InChI=1S/C30H26Cl2N6O5/c1-3-38-28(40)25(35-30(43)36-26-22(31)13-33-14-23(26)32)12-24(37-38)21-6-4-5-20(15(21)2)16-9-17(11-18(10-16)29(41)42)27(39)34-19-7-8-19/h4-6,9-14,19H,3,7-8H2,1-2H3,(H,34,39)(H,41,42)(H2,33,35,36,43). The molecule has 13 heteroatoms. The number of carboxylic acids is 1. The average molecular weight is 621 g/mol. The number of amides is 3. The van der Waals surface area contributed by atoms with Crippen molar-refractivity contribution in [1.82, 2.24) is 20.1 Å². The second-order valence-corrected chi connectivity index (χ2v) is 10.8. The summed E-state index contributed by atoms with van der Waals surface area (Å²) in [4.78, 5) is 54.5. The van der Waals surface area contributed by atoms with E-state index in [-0.39, 0.29) is 51.0 Å². The highest BCUT2D eigenvalue weighted by Gasteiger charge is 2.25. The van der Waals surface area contributed by atoms with Gasteiger partial charge in [-0.05, 0) is 67.6 Å². The van der Waals surface area contributed by atoms with Crippen LogP contribution < -0.4 is 21.5 Å². The van der Waals surface area contributed by atoms with Gasteiger partial charge in [-0.2, -0.15) is 5.10 Å². The van der Waals surface area contributed by atoms with Crippen LogP contribution in [0.2, 0.25) is 10.0 Å². The van der Waals surface area contributed by atoms with Crippen LogP contribution in [0.4, 0.5) is 16.2 Å². The molecule has 1 saturated carbocycles. The minimum atomic E-state index is -1.16. The van der Waals surface area contributed by atoms with Crippen LogP contribution in [-0.4, -0.2) is 43.8 Å². The maximum atomic E-state index is 13.1. The van der Waals surface area contributed by atoms with E-state index in [1.165, 1.54) is 35.3 Å². The van der Waals surface area contributed by atoms with Gasteiger partial charge in [-0.3, -0.25) is 14.6 Å². The third-order valence-corrected chi connectivity index (χ3v) is 7.46. The van der Waals surface area contributed by atoms with Crippen LogP contribution in [0, 0.1) is 6.92 Å². The van der Waals surface area contributed by atoms with Crippen LogP contribution in [0.3, 0.4) is 0 Å². The molecule has 0 bridgehead atoms. The summed E-state index contributed by atoms with van der Waals surface area (Å²) in [5.74, 6) is -1.49. The van der Waals surface area contributed by atoms with E-state index in [9.17, 15) is 24.3 Å². The van der Waals surface area contributed by atoms with Crippen LogP contribution in [0.25, 0.3) is 22.4 Å². The molecule has 0 unspecified atom stereocenters. The molecule has 1 aliphatic rings. The lowest BCUT2D eigenvalue weighted by atomic mass is 9.92. The molecule has 0 aliphatic heterocycles. The molecule has 11 nitrogen and oxygen atoms in total. The molecule has 2 aromatic heterocycles. The zero-order valence-corrected chi connectivity index (χ0v) is 24.6. The van der Waals surface area contributed by atoms with Gasteiger partial charge in [-0.25, -0.2) is 14.3 Å². The number of nitrogens with zero attached hydrogens (tertiary/aromatic N) is 3. The molecule has 0 saturated heterocycles. The van der Waals surface area contributed by atoms with Crippen molar-refractivity contribution in [3.8, 4) is 22.4 Å². The first-order valence-corrected chi connectivity index (χ1v) is 14.1. The van der Waals surface area contributed by atoms with Crippen molar-refractivity contribution < 1.29 is 19.5 Å². The number of carbonyl (C=O) groups is 3. The number of aromatic carboxylic acids is 1. The number of urea groups is 1. The minimum absolute atomic E-state index is 0.0205. The van der Waals surface area contributed by atoms with E-state index in [4.69, 9.17) is 23.2 Å². The molecular formula is C30H26Cl2N6O5. The summed E-state index contributed by atoms with van der Waals surface area (Å²) in [5.41, 5.74) is 2.75. The highest BCUT2D eigenvalue weighted by atomic mass is 35.5. The largest absolute Gasteiger partial charge is 0.478 e. The fourth-order valence-corrected chi connectivity index (χ4v) is 4.99. The molecule has 2 aromatic carbocycles. The third-order valence-electron chi connectivity index (χ3n) is 6.89. The zero-order valence-electron chi connectivity index (χ0n) is 23.1. The van der Waals surface area contributed by atoms with Gasteiger partial charge >= 0.3 is 12.0 Å². The van der Waals surface area contributed by atoms with Crippen LogP contribution >= 0.6 is 23.2 Å². The van der Waals surface area contributed by atoms with Gasteiger partial charge in [0.25, 0.3) is 11.5 Å². The summed E-state index contributed by atoms with van der Waals surface area (Å²) >= 11 is 12.2. The smallest absolute Gasteiger partial charge is 0.335 e. The number of nitrogens with one attached hydrogen (secondary N) is 3. The predicted octanol–water partition coefficient (Wildman–Crippen LogP) is 5.84. The molecule has 3 amide bonds. The van der Waals surface area contributed by atoms with E-state index >= 15 is 0 Å². The van der Waals surface area contributed by atoms with Crippen molar-refractivity contribution in [2.75, 3.05) is 10.6 Å². The van der Waals surface area contributed by atoms with Gasteiger partial charge in [0, 0.05) is 36.1 Å². The van der Waals surface area contributed by atoms with Crippen molar-refractivity contribution in [3.05, 3.63) is 91.9 Å². The fraction of sp³-hybridized carbons (Fsp3) is 0.200. The van der Waals surface area contributed by atoms with Gasteiger partial charge in [0.1, 0.15) is 5.69 Å². The van der Waals surface area contributed by atoms with E-state index in [0.717, 1.165) is 18.4 Å². The average Bonchev–Trinajstić information content (AvgIpc) is 3.80. The van der Waals surface area contributed by atoms with Gasteiger partial charge in [0.05, 0.1) is 27.0 Å². The monoisotopic (exact) mass is 620 g/mol. The van der Waals surface area contributed by atoms with Gasteiger partial charge in [-0.15, -0.1) is 0 Å². The summed E-state index contributed by atoms with van der Waals surface area (Å²) in [6, 6.07) is 10.7. The summed E-state index contributed by atoms with van der Waals surface area (Å²) < 4.78 is 1.22. The van der Waals surface area contributed by atoms with Crippen LogP contribution in [0.1, 0.15) is 46.0 Å². The van der Waals surface area contributed by atoms with E-state index in [1.54, 1.807) is 25.1 Å². The minimum Gasteiger partial charge on any atom is -0.478 e. The maximum Gasteiger partial charge on any atom is 0.335 e. The molecule has 1 fully saturated rings. The highest BCUT2D eigenvalue weighted by molar-refractivity contribution is 6.39. The normalized spacial score (nSPS) is 12.5. The summed E-state index contributed by atoms with van der Waals surface area (Å²) in [5, 5.41) is 22.5. The van der Waals surface area contributed by atoms with Gasteiger partial charge < -0.3 is 21.1 Å². The van der Waals surface area contributed by atoms with E-state index in [2.05, 4.69) is 26.0 Å². The molecule has 0 atom stereocenters. The Balaban J connectivity index is 1.53. The first-order chi connectivity index (χ1) is 20.5. The summed E-state index contributed by atoms with van der Waals surface area (Å²) in [6.07, 6.45) is 4.44. The Morgan fingerprint density at radius 1 is 1.00 bits per heavy atom. The molecule has 43 heavy (non-hydrogen) atoms. The predicted molar refractivity (Wildman–Crippen MR) is 164 cm³/mol. The Hall–Kier alpha value is -4.74. The number of hydrogen-bond donors (Lipinski definition) is 4. The lowest BCUT2D eigenvalue weighted by Gasteiger charge is -2.16. The zero-order chi connectivity index (χ0) is 30.8. The van der Waals surface area contributed by atoms with Crippen LogP contribution in [0.5, 0.6) is 0 Å². The molecule has 5 rings (SSSR count). The lowest BCUT2D eigenvalue weighted by Crippen LogP contribution is -2.29. The summed E-state index contributed by atoms with van der Waals surface area (Å²) in [7, 11) is 0. The van der Waals surface area contributed by atoms with E-state index in [1.807, 2.05) is 13.0 Å². The molecule has 4 N–H and O–H groups in total. The molecule has 220 valence electrons. The number of rotatable bonds is 8. The first kappa shape index (κ1) is 29.7. The maximum absolute atomic E-state index is 13.1. The Bertz CT molecular complexity index is 1820. The molecule has 1 aliphatic carbocycles. The second-order valence-electron chi connectivity index (χ2n) is 9.95.